The molecule has 0 aromatic heterocycles. The number of phosphoric ester groups is 1. The highest BCUT2D eigenvalue weighted by Crippen LogP contribution is 2.52. The lowest BCUT2D eigenvalue weighted by molar-refractivity contribution is -0.137. The van der Waals surface area contributed by atoms with Crippen molar-refractivity contribution in [2.75, 3.05) is 31.7 Å². The number of carbonyl (C=O) groups is 2. The topological polar surface area (TPSA) is 123 Å². The van der Waals surface area contributed by atoms with E-state index in [1.54, 1.807) is 25.6 Å². The van der Waals surface area contributed by atoms with Crippen molar-refractivity contribution in [1.29, 1.82) is 0 Å². The van der Waals surface area contributed by atoms with Crippen molar-refractivity contribution in [3.8, 4) is 0 Å². The predicted molar refractivity (Wildman–Crippen MR) is 145 cm³/mol. The molecule has 2 aromatic rings. The minimum Gasteiger partial charge on any atom is -0.383 e. The highest BCUT2D eigenvalue weighted by molar-refractivity contribution is 7.98. The van der Waals surface area contributed by atoms with E-state index in [1.165, 1.54) is 0 Å². The molecule has 0 aliphatic heterocycles. The van der Waals surface area contributed by atoms with Crippen molar-refractivity contribution in [1.82, 2.24) is 10.6 Å². The van der Waals surface area contributed by atoms with Crippen LogP contribution in [0.4, 0.5) is 0 Å². The summed E-state index contributed by atoms with van der Waals surface area (Å²) in [5, 5.41) is 15.9. The van der Waals surface area contributed by atoms with Gasteiger partial charge in [0.25, 0.3) is 0 Å². The average Bonchev–Trinajstić information content (AvgIpc) is 2.91. The lowest BCUT2D eigenvalue weighted by Crippen LogP contribution is -2.46. The van der Waals surface area contributed by atoms with Crippen LogP contribution in [0.15, 0.2) is 60.7 Å². The Kier molecular flexibility index (Phi) is 13.3. The number of thioether (sulfide) groups is 1. The van der Waals surface area contributed by atoms with Crippen molar-refractivity contribution < 1.29 is 32.8 Å². The van der Waals surface area contributed by atoms with E-state index in [2.05, 4.69) is 10.6 Å². The maximum absolute atomic E-state index is 13.5. The van der Waals surface area contributed by atoms with Crippen molar-refractivity contribution in [2.24, 2.45) is 5.41 Å². The Balaban J connectivity index is 1.93. The molecule has 0 aliphatic carbocycles. The van der Waals surface area contributed by atoms with Crippen molar-refractivity contribution >= 4 is 31.4 Å². The Morgan fingerprint density at radius 1 is 0.919 bits per heavy atom. The van der Waals surface area contributed by atoms with Gasteiger partial charge in [0.2, 0.25) is 11.8 Å². The molecule has 0 spiro atoms. The average molecular weight is 553 g/mol. The van der Waals surface area contributed by atoms with E-state index in [-0.39, 0.29) is 38.7 Å². The fourth-order valence-electron chi connectivity index (χ4n) is 3.02. The van der Waals surface area contributed by atoms with Crippen LogP contribution in [0.5, 0.6) is 0 Å². The molecule has 0 fully saturated rings. The predicted octanol–water partition coefficient (Wildman–Crippen LogP) is 3.92. The zero-order chi connectivity index (χ0) is 27.2. The van der Waals surface area contributed by atoms with Crippen LogP contribution in [0.2, 0.25) is 0 Å². The van der Waals surface area contributed by atoms with E-state index in [4.69, 9.17) is 13.6 Å². The van der Waals surface area contributed by atoms with E-state index in [1.807, 2.05) is 66.9 Å². The number of aliphatic hydroxyl groups excluding tert-OH is 1. The first-order valence-electron chi connectivity index (χ1n) is 12.0. The molecular formula is C26H37N2O7PS. The molecule has 0 radical (unpaired) electrons. The Morgan fingerprint density at radius 2 is 1.46 bits per heavy atom. The molecule has 0 heterocycles. The van der Waals surface area contributed by atoms with E-state index in [0.717, 1.165) is 16.9 Å². The lowest BCUT2D eigenvalue weighted by Gasteiger charge is -2.30. The molecule has 0 bridgehead atoms. The van der Waals surface area contributed by atoms with Gasteiger partial charge in [-0.2, -0.15) is 11.8 Å². The van der Waals surface area contributed by atoms with Gasteiger partial charge >= 0.3 is 7.82 Å². The number of hydrogen-bond acceptors (Lipinski definition) is 8. The van der Waals surface area contributed by atoms with Crippen LogP contribution in [-0.2, 0) is 40.9 Å². The molecule has 37 heavy (non-hydrogen) atoms. The monoisotopic (exact) mass is 552 g/mol. The first kappa shape index (κ1) is 31.0. The normalized spacial score (nSPS) is 12.6. The molecule has 0 saturated carbocycles. The first-order chi connectivity index (χ1) is 17.6. The van der Waals surface area contributed by atoms with Gasteiger partial charge in [0.05, 0.1) is 19.8 Å². The third-order valence-electron chi connectivity index (χ3n) is 5.33. The van der Waals surface area contributed by atoms with Gasteiger partial charge in [-0.05, 0) is 17.4 Å². The highest BCUT2D eigenvalue weighted by atomic mass is 32.2. The standard InChI is InChI=1S/C26H37N2O7PS/c1-26(2,24(30)25(31)28-15-14-23(29)27-16-17-37-3)20-35-36(32,33-18-21-10-6-4-7-11-21)34-19-22-12-8-5-9-13-22/h4-13,24,30H,14-20H2,1-3H3,(H,27,29)(H,28,31)/t24-/m0/s1. The zero-order valence-corrected chi connectivity index (χ0v) is 23.3. The van der Waals surface area contributed by atoms with Gasteiger partial charge in [-0.15, -0.1) is 0 Å². The summed E-state index contributed by atoms with van der Waals surface area (Å²) in [5.74, 6) is -0.0341. The molecule has 3 N–H and O–H groups in total. The maximum Gasteiger partial charge on any atom is 0.475 e. The van der Waals surface area contributed by atoms with Crippen LogP contribution in [0.25, 0.3) is 0 Å². The van der Waals surface area contributed by atoms with Crippen LogP contribution >= 0.6 is 19.6 Å². The van der Waals surface area contributed by atoms with E-state index < -0.39 is 25.2 Å². The van der Waals surface area contributed by atoms with Gasteiger partial charge < -0.3 is 15.7 Å². The molecule has 0 unspecified atom stereocenters. The minimum atomic E-state index is -4.06. The van der Waals surface area contributed by atoms with Crippen LogP contribution in [0.3, 0.4) is 0 Å². The second-order valence-electron chi connectivity index (χ2n) is 9.01. The Hall–Kier alpha value is -2.20. The molecule has 11 heteroatoms. The second kappa shape index (κ2) is 15.9. The molecule has 204 valence electrons. The quantitative estimate of drug-likeness (QED) is 0.199. The summed E-state index contributed by atoms with van der Waals surface area (Å²) in [6, 6.07) is 18.3. The zero-order valence-electron chi connectivity index (χ0n) is 21.6. The van der Waals surface area contributed by atoms with E-state index >= 15 is 0 Å². The maximum atomic E-state index is 13.5. The molecular weight excluding hydrogens is 515 g/mol. The number of aliphatic hydroxyl groups is 1. The number of phosphoric acid groups is 1. The Bertz CT molecular complexity index is 961. The number of amides is 2. The van der Waals surface area contributed by atoms with Gasteiger partial charge in [-0.25, -0.2) is 4.57 Å². The summed E-state index contributed by atoms with van der Waals surface area (Å²) in [5.41, 5.74) is 0.434. The smallest absolute Gasteiger partial charge is 0.383 e. The third-order valence-corrected chi connectivity index (χ3v) is 7.28. The summed E-state index contributed by atoms with van der Waals surface area (Å²) in [7, 11) is -4.06. The summed E-state index contributed by atoms with van der Waals surface area (Å²) in [4.78, 5) is 24.3. The van der Waals surface area contributed by atoms with Gasteiger partial charge in [-0.1, -0.05) is 74.5 Å². The minimum absolute atomic E-state index is 0.00458. The second-order valence-corrected chi connectivity index (χ2v) is 11.7. The highest BCUT2D eigenvalue weighted by Gasteiger charge is 2.38. The molecule has 0 aliphatic rings. The molecule has 2 rings (SSSR count). The van der Waals surface area contributed by atoms with E-state index in [0.29, 0.717) is 6.54 Å². The number of carbonyl (C=O) groups excluding carboxylic acids is 2. The fraction of sp³-hybridized carbons (Fsp3) is 0.462. The van der Waals surface area contributed by atoms with Gasteiger partial charge in [0.15, 0.2) is 0 Å². The summed E-state index contributed by atoms with van der Waals surface area (Å²) in [6.45, 7) is 3.55. The Morgan fingerprint density at radius 3 is 1.97 bits per heavy atom. The van der Waals surface area contributed by atoms with Crippen LogP contribution < -0.4 is 10.6 Å². The molecule has 0 saturated heterocycles. The summed E-state index contributed by atoms with van der Waals surface area (Å²) in [6.07, 6.45) is 0.562. The van der Waals surface area contributed by atoms with Gasteiger partial charge in [0.1, 0.15) is 6.10 Å². The first-order valence-corrected chi connectivity index (χ1v) is 14.8. The molecule has 2 aromatic carbocycles. The van der Waals surface area contributed by atoms with Crippen molar-refractivity contribution in [2.45, 2.75) is 39.6 Å². The van der Waals surface area contributed by atoms with E-state index in [9.17, 15) is 19.3 Å². The largest absolute Gasteiger partial charge is 0.475 e. The molecule has 2 amide bonds. The Labute approximate surface area is 223 Å². The number of nitrogens with one attached hydrogen (secondary N) is 2. The molecule has 9 nitrogen and oxygen atoms in total. The van der Waals surface area contributed by atoms with Crippen LogP contribution in [0, 0.1) is 5.41 Å². The number of benzene rings is 2. The van der Waals surface area contributed by atoms with Crippen LogP contribution in [0.1, 0.15) is 31.4 Å². The lowest BCUT2D eigenvalue weighted by atomic mass is 9.87. The fourth-order valence-corrected chi connectivity index (χ4v) is 4.66. The van der Waals surface area contributed by atoms with Gasteiger partial charge in [0, 0.05) is 30.7 Å². The SMILES string of the molecule is CSCCNC(=O)CCNC(=O)[C@H](O)C(C)(C)COP(=O)(OCc1ccccc1)OCc1ccccc1. The molecule has 1 atom stereocenters. The third kappa shape index (κ3) is 11.8. The number of hydrogen-bond donors (Lipinski definition) is 3. The summed E-state index contributed by atoms with van der Waals surface area (Å²) >= 11 is 1.62. The van der Waals surface area contributed by atoms with Crippen molar-refractivity contribution in [3.05, 3.63) is 71.8 Å². The van der Waals surface area contributed by atoms with Gasteiger partial charge in [-0.3, -0.25) is 23.2 Å². The number of rotatable bonds is 17. The van der Waals surface area contributed by atoms with Crippen molar-refractivity contribution in [3.63, 3.8) is 0 Å². The van der Waals surface area contributed by atoms with Crippen LogP contribution in [-0.4, -0.2) is 54.7 Å². The summed E-state index contributed by atoms with van der Waals surface area (Å²) < 4.78 is 30.2.